The molecule has 0 saturated heterocycles. The van der Waals surface area contributed by atoms with Gasteiger partial charge in [-0.15, -0.1) is 0 Å². The highest BCUT2D eigenvalue weighted by Crippen LogP contribution is 2.33. The molecule has 0 radical (unpaired) electrons. The largest absolute Gasteiger partial charge is 0.320 e. The molecule has 3 heteroatoms. The molecule has 3 rings (SSSR count). The number of fused-ring (bicyclic) bond motifs is 1. The minimum atomic E-state index is -0.231. The van der Waals surface area contributed by atoms with Crippen molar-refractivity contribution in [1.29, 1.82) is 0 Å². The van der Waals surface area contributed by atoms with E-state index in [1.807, 2.05) is 55.5 Å². The number of hydrogen-bond donors (Lipinski definition) is 1. The van der Waals surface area contributed by atoms with Gasteiger partial charge >= 0.3 is 0 Å². The minimum absolute atomic E-state index is 0.231. The zero-order chi connectivity index (χ0) is 15.0. The number of hydrogen-bond acceptors (Lipinski definition) is 1. The summed E-state index contributed by atoms with van der Waals surface area (Å²) < 4.78 is 0. The highest BCUT2D eigenvalue weighted by atomic mass is 35.5. The molecule has 1 atom stereocenters. The molecule has 0 heterocycles. The topological polar surface area (TPSA) is 26.0 Å². The Morgan fingerprint density at radius 2 is 1.48 bits per heavy atom. The molecular weight excluding hydrogens is 301 g/mol. The lowest BCUT2D eigenvalue weighted by Crippen LogP contribution is -2.14. The van der Waals surface area contributed by atoms with Crippen LogP contribution in [0.4, 0.5) is 0 Å². The lowest BCUT2D eigenvalue weighted by atomic mass is 9.92. The Labute approximate surface area is 134 Å². The van der Waals surface area contributed by atoms with Gasteiger partial charge in [0, 0.05) is 15.4 Å². The molecule has 2 N–H and O–H groups in total. The highest BCUT2D eigenvalue weighted by Gasteiger charge is 2.16. The second kappa shape index (κ2) is 5.69. The van der Waals surface area contributed by atoms with E-state index in [9.17, 15) is 0 Å². The molecule has 3 aromatic rings. The molecule has 0 aromatic heterocycles. The van der Waals surface area contributed by atoms with Crippen LogP contribution in [0.15, 0.2) is 54.6 Å². The van der Waals surface area contributed by atoms with Crippen molar-refractivity contribution in [2.75, 3.05) is 0 Å². The average Bonchev–Trinajstić information content (AvgIpc) is 2.50. The van der Waals surface area contributed by atoms with Crippen LogP contribution in [-0.2, 0) is 0 Å². The van der Waals surface area contributed by atoms with Crippen LogP contribution in [0.25, 0.3) is 10.8 Å². The maximum atomic E-state index is 6.50. The summed E-state index contributed by atoms with van der Waals surface area (Å²) in [6, 6.07) is 17.5. The van der Waals surface area contributed by atoms with Gasteiger partial charge in [0.1, 0.15) is 0 Å². The van der Waals surface area contributed by atoms with Crippen LogP contribution in [0.5, 0.6) is 0 Å². The Kier molecular flexibility index (Phi) is 3.90. The predicted octanol–water partition coefficient (Wildman–Crippen LogP) is 5.50. The summed E-state index contributed by atoms with van der Waals surface area (Å²) >= 11 is 12.5. The van der Waals surface area contributed by atoms with E-state index in [1.54, 1.807) is 0 Å². The van der Waals surface area contributed by atoms with Crippen molar-refractivity contribution >= 4 is 34.0 Å². The normalized spacial score (nSPS) is 12.6. The van der Waals surface area contributed by atoms with Crippen molar-refractivity contribution < 1.29 is 0 Å². The maximum Gasteiger partial charge on any atom is 0.0560 e. The van der Waals surface area contributed by atoms with Crippen LogP contribution in [0, 0.1) is 6.92 Å². The summed E-state index contributed by atoms with van der Waals surface area (Å²) in [6.45, 7) is 2.00. The van der Waals surface area contributed by atoms with Crippen LogP contribution in [0.1, 0.15) is 22.7 Å². The summed E-state index contributed by atoms with van der Waals surface area (Å²) in [5.41, 5.74) is 9.61. The molecule has 1 unspecified atom stereocenters. The van der Waals surface area contributed by atoms with Crippen LogP contribution in [0.3, 0.4) is 0 Å². The second-order valence-corrected chi connectivity index (χ2v) is 5.93. The van der Waals surface area contributed by atoms with E-state index in [1.165, 1.54) is 0 Å². The smallest absolute Gasteiger partial charge is 0.0560 e. The van der Waals surface area contributed by atoms with Gasteiger partial charge in [0.15, 0.2) is 0 Å². The van der Waals surface area contributed by atoms with Crippen LogP contribution in [-0.4, -0.2) is 0 Å². The Hall–Kier alpha value is -1.54. The monoisotopic (exact) mass is 315 g/mol. The maximum absolute atomic E-state index is 6.50. The molecule has 1 nitrogen and oxygen atoms in total. The first-order chi connectivity index (χ1) is 10.1. The molecule has 0 bridgehead atoms. The first-order valence-corrected chi connectivity index (χ1v) is 7.53. The standard InChI is InChI=1S/C18H15Cl2N/c1-11-12(7-4-8-16(11)19)18(21)15-9-10-17(20)14-6-3-2-5-13(14)15/h2-10,18H,21H2,1H3. The Morgan fingerprint density at radius 3 is 2.24 bits per heavy atom. The summed E-state index contributed by atoms with van der Waals surface area (Å²) in [6.07, 6.45) is 0. The highest BCUT2D eigenvalue weighted by molar-refractivity contribution is 6.35. The van der Waals surface area contributed by atoms with Crippen LogP contribution in [0.2, 0.25) is 10.0 Å². The van der Waals surface area contributed by atoms with Gasteiger partial charge in [-0.05, 0) is 41.1 Å². The van der Waals surface area contributed by atoms with Crippen molar-refractivity contribution in [1.82, 2.24) is 0 Å². The fraction of sp³-hybridized carbons (Fsp3) is 0.111. The van der Waals surface area contributed by atoms with Gasteiger partial charge in [-0.25, -0.2) is 0 Å². The molecular formula is C18H15Cl2N. The third-order valence-corrected chi connectivity index (χ3v) is 4.62. The molecule has 0 aliphatic heterocycles. The first kappa shape index (κ1) is 14.4. The fourth-order valence-electron chi connectivity index (χ4n) is 2.69. The van der Waals surface area contributed by atoms with Crippen molar-refractivity contribution in [3.63, 3.8) is 0 Å². The third kappa shape index (κ3) is 2.53. The summed E-state index contributed by atoms with van der Waals surface area (Å²) in [7, 11) is 0. The van der Waals surface area contributed by atoms with Gasteiger partial charge in [-0.1, -0.05) is 65.7 Å². The van der Waals surface area contributed by atoms with Gasteiger partial charge in [0.25, 0.3) is 0 Å². The van der Waals surface area contributed by atoms with E-state index in [-0.39, 0.29) is 6.04 Å². The first-order valence-electron chi connectivity index (χ1n) is 6.77. The van der Waals surface area contributed by atoms with Crippen molar-refractivity contribution in [2.45, 2.75) is 13.0 Å². The molecule has 0 fully saturated rings. The average molecular weight is 316 g/mol. The van der Waals surface area contributed by atoms with Crippen molar-refractivity contribution in [2.24, 2.45) is 5.73 Å². The quantitative estimate of drug-likeness (QED) is 0.663. The molecule has 3 aromatic carbocycles. The molecule has 0 amide bonds. The number of rotatable bonds is 2. The number of halogens is 2. The van der Waals surface area contributed by atoms with E-state index in [0.717, 1.165) is 37.5 Å². The van der Waals surface area contributed by atoms with E-state index >= 15 is 0 Å². The summed E-state index contributed by atoms with van der Waals surface area (Å²) in [4.78, 5) is 0. The zero-order valence-electron chi connectivity index (χ0n) is 11.6. The van der Waals surface area contributed by atoms with Gasteiger partial charge in [0.2, 0.25) is 0 Å². The van der Waals surface area contributed by atoms with Crippen molar-refractivity contribution in [3.8, 4) is 0 Å². The van der Waals surface area contributed by atoms with E-state index in [0.29, 0.717) is 0 Å². The van der Waals surface area contributed by atoms with Crippen LogP contribution < -0.4 is 5.73 Å². The Balaban J connectivity index is 2.21. The van der Waals surface area contributed by atoms with Gasteiger partial charge < -0.3 is 5.73 Å². The SMILES string of the molecule is Cc1c(Cl)cccc1C(N)c1ccc(Cl)c2ccccc12. The Bertz CT molecular complexity index is 811. The summed E-state index contributed by atoms with van der Waals surface area (Å²) in [5.74, 6) is 0. The molecule has 0 aliphatic rings. The molecule has 0 spiro atoms. The fourth-order valence-corrected chi connectivity index (χ4v) is 3.10. The number of nitrogens with two attached hydrogens (primary N) is 1. The van der Waals surface area contributed by atoms with E-state index < -0.39 is 0 Å². The molecule has 0 saturated carbocycles. The second-order valence-electron chi connectivity index (χ2n) is 5.11. The molecule has 0 aliphatic carbocycles. The predicted molar refractivity (Wildman–Crippen MR) is 91.2 cm³/mol. The van der Waals surface area contributed by atoms with Crippen LogP contribution >= 0.6 is 23.2 Å². The van der Waals surface area contributed by atoms with E-state index in [4.69, 9.17) is 28.9 Å². The molecule has 21 heavy (non-hydrogen) atoms. The number of benzene rings is 3. The van der Waals surface area contributed by atoms with Gasteiger partial charge in [-0.3, -0.25) is 0 Å². The lowest BCUT2D eigenvalue weighted by molar-refractivity contribution is 0.870. The van der Waals surface area contributed by atoms with Gasteiger partial charge in [-0.2, -0.15) is 0 Å². The van der Waals surface area contributed by atoms with Crippen molar-refractivity contribution in [3.05, 3.63) is 81.3 Å². The lowest BCUT2D eigenvalue weighted by Gasteiger charge is -2.18. The minimum Gasteiger partial charge on any atom is -0.320 e. The molecule has 106 valence electrons. The van der Waals surface area contributed by atoms with E-state index in [2.05, 4.69) is 6.07 Å². The van der Waals surface area contributed by atoms with Gasteiger partial charge in [0.05, 0.1) is 6.04 Å². The third-order valence-electron chi connectivity index (χ3n) is 3.88. The zero-order valence-corrected chi connectivity index (χ0v) is 13.1. The summed E-state index contributed by atoms with van der Waals surface area (Å²) in [5, 5.41) is 3.58. The Morgan fingerprint density at radius 1 is 0.762 bits per heavy atom.